The van der Waals surface area contributed by atoms with Gasteiger partial charge in [-0.15, -0.1) is 0 Å². The first-order chi connectivity index (χ1) is 9.62. The number of carbonyl (C=O) groups is 1. The maximum atomic E-state index is 12.3. The van der Waals surface area contributed by atoms with Crippen LogP contribution in [-0.4, -0.2) is 18.5 Å². The second kappa shape index (κ2) is 8.75. The number of hydrogen-bond donors (Lipinski definition) is 2. The molecule has 0 bridgehead atoms. The fourth-order valence-corrected chi connectivity index (χ4v) is 2.64. The van der Waals surface area contributed by atoms with Crippen molar-refractivity contribution < 1.29 is 4.79 Å². The van der Waals surface area contributed by atoms with Gasteiger partial charge in [0.1, 0.15) is 0 Å². The Morgan fingerprint density at radius 1 is 1.20 bits per heavy atom. The Bertz CT molecular complexity index is 387. The summed E-state index contributed by atoms with van der Waals surface area (Å²) in [6, 6.07) is 10.3. The van der Waals surface area contributed by atoms with Crippen LogP contribution >= 0.6 is 0 Å². The Hall–Kier alpha value is -1.35. The summed E-state index contributed by atoms with van der Waals surface area (Å²) in [4.78, 5) is 12.3. The standard InChI is InChI=1S/C17H28N2O/c1-4-15(5-2)13(3)19-17(20)16(12-18)11-14-9-7-6-8-10-14/h6-10,13,15-16H,4-5,11-12,18H2,1-3H3,(H,19,20). The molecule has 1 rings (SSSR count). The van der Waals surface area contributed by atoms with E-state index in [9.17, 15) is 4.79 Å². The quantitative estimate of drug-likeness (QED) is 0.767. The summed E-state index contributed by atoms with van der Waals surface area (Å²) in [6.45, 7) is 6.81. The fraction of sp³-hybridized carbons (Fsp3) is 0.588. The van der Waals surface area contributed by atoms with Gasteiger partial charge in [-0.25, -0.2) is 0 Å². The van der Waals surface area contributed by atoms with Crippen molar-refractivity contribution in [3.8, 4) is 0 Å². The Morgan fingerprint density at radius 3 is 2.30 bits per heavy atom. The van der Waals surface area contributed by atoms with E-state index in [4.69, 9.17) is 5.73 Å². The van der Waals surface area contributed by atoms with Crippen molar-refractivity contribution in [1.29, 1.82) is 0 Å². The zero-order valence-corrected chi connectivity index (χ0v) is 12.9. The highest BCUT2D eigenvalue weighted by molar-refractivity contribution is 5.79. The van der Waals surface area contributed by atoms with Gasteiger partial charge >= 0.3 is 0 Å². The zero-order valence-electron chi connectivity index (χ0n) is 12.9. The lowest BCUT2D eigenvalue weighted by Crippen LogP contribution is -2.43. The smallest absolute Gasteiger partial charge is 0.224 e. The van der Waals surface area contributed by atoms with E-state index in [0.29, 0.717) is 18.9 Å². The average molecular weight is 276 g/mol. The van der Waals surface area contributed by atoms with Gasteiger partial charge in [0.2, 0.25) is 5.91 Å². The van der Waals surface area contributed by atoms with E-state index in [1.807, 2.05) is 30.3 Å². The van der Waals surface area contributed by atoms with Crippen molar-refractivity contribution in [2.24, 2.45) is 17.6 Å². The van der Waals surface area contributed by atoms with Gasteiger partial charge in [0, 0.05) is 12.6 Å². The molecule has 3 N–H and O–H groups in total. The molecule has 0 aliphatic carbocycles. The number of benzene rings is 1. The maximum Gasteiger partial charge on any atom is 0.224 e. The third-order valence-electron chi connectivity index (χ3n) is 4.11. The van der Waals surface area contributed by atoms with Crippen LogP contribution in [0.4, 0.5) is 0 Å². The van der Waals surface area contributed by atoms with E-state index < -0.39 is 0 Å². The van der Waals surface area contributed by atoms with Crippen molar-refractivity contribution >= 4 is 5.91 Å². The molecular weight excluding hydrogens is 248 g/mol. The van der Waals surface area contributed by atoms with Crippen LogP contribution in [0.3, 0.4) is 0 Å². The molecule has 1 aromatic carbocycles. The first kappa shape index (κ1) is 16.7. The van der Waals surface area contributed by atoms with Crippen LogP contribution in [0.1, 0.15) is 39.2 Å². The lowest BCUT2D eigenvalue weighted by Gasteiger charge is -2.25. The highest BCUT2D eigenvalue weighted by atomic mass is 16.1. The second-order valence-corrected chi connectivity index (χ2v) is 5.50. The summed E-state index contributed by atoms with van der Waals surface area (Å²) in [6.07, 6.45) is 2.88. The lowest BCUT2D eigenvalue weighted by molar-refractivity contribution is -0.125. The molecule has 0 saturated carbocycles. The van der Waals surface area contributed by atoms with Crippen molar-refractivity contribution in [3.63, 3.8) is 0 Å². The molecule has 0 aliphatic heterocycles. The highest BCUT2D eigenvalue weighted by Gasteiger charge is 2.21. The van der Waals surface area contributed by atoms with Gasteiger partial charge in [0.25, 0.3) is 0 Å². The van der Waals surface area contributed by atoms with E-state index in [1.54, 1.807) is 0 Å². The van der Waals surface area contributed by atoms with Crippen molar-refractivity contribution in [1.82, 2.24) is 5.32 Å². The Morgan fingerprint density at radius 2 is 1.80 bits per heavy atom. The van der Waals surface area contributed by atoms with E-state index in [1.165, 1.54) is 0 Å². The van der Waals surface area contributed by atoms with Crippen LogP contribution in [0.2, 0.25) is 0 Å². The molecule has 0 aromatic heterocycles. The highest BCUT2D eigenvalue weighted by Crippen LogP contribution is 2.14. The topological polar surface area (TPSA) is 55.1 Å². The third kappa shape index (κ3) is 4.97. The molecule has 20 heavy (non-hydrogen) atoms. The average Bonchev–Trinajstić information content (AvgIpc) is 2.47. The molecule has 1 amide bonds. The monoisotopic (exact) mass is 276 g/mol. The van der Waals surface area contributed by atoms with Crippen LogP contribution in [0.25, 0.3) is 0 Å². The lowest BCUT2D eigenvalue weighted by atomic mass is 9.93. The third-order valence-corrected chi connectivity index (χ3v) is 4.11. The normalized spacial score (nSPS) is 14.1. The summed E-state index contributed by atoms with van der Waals surface area (Å²) in [7, 11) is 0. The molecule has 1 aromatic rings. The van der Waals surface area contributed by atoms with Crippen LogP contribution < -0.4 is 11.1 Å². The van der Waals surface area contributed by atoms with Crippen molar-refractivity contribution in [3.05, 3.63) is 35.9 Å². The minimum atomic E-state index is -0.144. The molecule has 3 heteroatoms. The fourth-order valence-electron chi connectivity index (χ4n) is 2.64. The summed E-state index contributed by atoms with van der Waals surface area (Å²) in [5.74, 6) is 0.471. The summed E-state index contributed by atoms with van der Waals surface area (Å²) in [5.41, 5.74) is 6.94. The van der Waals surface area contributed by atoms with Crippen LogP contribution in [-0.2, 0) is 11.2 Å². The molecule has 0 heterocycles. The molecule has 0 fully saturated rings. The van der Waals surface area contributed by atoms with Gasteiger partial charge in [-0.3, -0.25) is 4.79 Å². The Kier molecular flexibility index (Phi) is 7.31. The molecule has 0 radical (unpaired) electrons. The molecule has 0 saturated heterocycles. The Labute approximate surface area is 122 Å². The van der Waals surface area contributed by atoms with Gasteiger partial charge < -0.3 is 11.1 Å². The van der Waals surface area contributed by atoms with E-state index >= 15 is 0 Å². The number of nitrogens with two attached hydrogens (primary N) is 1. The second-order valence-electron chi connectivity index (χ2n) is 5.50. The summed E-state index contributed by atoms with van der Waals surface area (Å²) < 4.78 is 0. The molecule has 112 valence electrons. The molecule has 0 aliphatic rings. The maximum absolute atomic E-state index is 12.3. The molecule has 2 unspecified atom stereocenters. The summed E-state index contributed by atoms with van der Waals surface area (Å²) in [5, 5.41) is 3.13. The zero-order chi connectivity index (χ0) is 15.0. The number of carbonyl (C=O) groups excluding carboxylic acids is 1. The molecule has 3 nitrogen and oxygen atoms in total. The van der Waals surface area contributed by atoms with E-state index in [-0.39, 0.29) is 17.9 Å². The first-order valence-electron chi connectivity index (χ1n) is 7.66. The molecule has 0 spiro atoms. The van der Waals surface area contributed by atoms with Gasteiger partial charge in [-0.1, -0.05) is 57.0 Å². The molecule has 2 atom stereocenters. The number of hydrogen-bond acceptors (Lipinski definition) is 2. The minimum absolute atomic E-state index is 0.0794. The molecular formula is C17H28N2O. The number of nitrogens with one attached hydrogen (secondary N) is 1. The van der Waals surface area contributed by atoms with Crippen LogP contribution in [0.5, 0.6) is 0 Å². The van der Waals surface area contributed by atoms with Crippen molar-refractivity contribution in [2.75, 3.05) is 6.54 Å². The van der Waals surface area contributed by atoms with Crippen molar-refractivity contribution in [2.45, 2.75) is 46.1 Å². The minimum Gasteiger partial charge on any atom is -0.353 e. The van der Waals surface area contributed by atoms with E-state index in [2.05, 4.69) is 26.1 Å². The van der Waals surface area contributed by atoms with E-state index in [0.717, 1.165) is 18.4 Å². The predicted molar refractivity (Wildman–Crippen MR) is 84.4 cm³/mol. The number of rotatable bonds is 8. The predicted octanol–water partition coefficient (Wildman–Crippen LogP) is 2.74. The number of amides is 1. The Balaban J connectivity index is 2.59. The summed E-state index contributed by atoms with van der Waals surface area (Å²) >= 11 is 0. The van der Waals surface area contributed by atoms with Crippen LogP contribution in [0, 0.1) is 11.8 Å². The van der Waals surface area contributed by atoms with Gasteiger partial charge in [-0.2, -0.15) is 0 Å². The van der Waals surface area contributed by atoms with Gasteiger partial charge in [0.15, 0.2) is 0 Å². The van der Waals surface area contributed by atoms with Gasteiger partial charge in [0.05, 0.1) is 5.92 Å². The SMILES string of the molecule is CCC(CC)C(C)NC(=O)C(CN)Cc1ccccc1. The van der Waals surface area contributed by atoms with Gasteiger partial charge in [-0.05, 0) is 24.8 Å². The van der Waals surface area contributed by atoms with Crippen LogP contribution in [0.15, 0.2) is 30.3 Å². The first-order valence-corrected chi connectivity index (χ1v) is 7.66. The largest absolute Gasteiger partial charge is 0.353 e.